The zero-order chi connectivity index (χ0) is 28.5. The lowest BCUT2D eigenvalue weighted by Crippen LogP contribution is -2.13. The molecular weight excluding hydrogens is 476 g/mol. The van der Waals surface area contributed by atoms with Gasteiger partial charge in [-0.2, -0.15) is 0 Å². The first-order chi connectivity index (χ1) is 19.2. The lowest BCUT2D eigenvalue weighted by Gasteiger charge is -2.04. The molecule has 0 aliphatic rings. The third-order valence-electron chi connectivity index (χ3n) is 8.23. The van der Waals surface area contributed by atoms with Crippen LogP contribution in [0.2, 0.25) is 0 Å². The van der Waals surface area contributed by atoms with Crippen LogP contribution in [0.25, 0.3) is 0 Å². The van der Waals surface area contributed by atoms with Gasteiger partial charge in [0, 0.05) is 12.8 Å². The highest BCUT2D eigenvalue weighted by Crippen LogP contribution is 2.15. The number of carbonyl (C=O) groups is 2. The van der Waals surface area contributed by atoms with E-state index < -0.39 is 0 Å². The molecule has 0 fully saturated rings. The van der Waals surface area contributed by atoms with Gasteiger partial charge in [0.05, 0.1) is 0 Å². The molecule has 0 aromatic carbocycles. The van der Waals surface area contributed by atoms with E-state index >= 15 is 0 Å². The van der Waals surface area contributed by atoms with E-state index in [1.54, 1.807) is 0 Å². The van der Waals surface area contributed by atoms with Crippen LogP contribution in [-0.2, 0) is 9.59 Å². The molecule has 0 aromatic heterocycles. The first-order valence-electron chi connectivity index (χ1n) is 17.9. The molecule has 0 heterocycles. The van der Waals surface area contributed by atoms with Crippen molar-refractivity contribution in [1.82, 2.24) is 0 Å². The molecule has 0 aromatic rings. The summed E-state index contributed by atoms with van der Waals surface area (Å²) in [6.07, 6.45) is 43.3. The number of carbonyl (C=O) groups excluding carboxylic acids is 2. The van der Waals surface area contributed by atoms with E-state index in [9.17, 15) is 9.59 Å². The van der Waals surface area contributed by atoms with Crippen LogP contribution in [0.1, 0.15) is 213 Å². The van der Waals surface area contributed by atoms with Crippen LogP contribution >= 0.6 is 0 Å². The Labute approximate surface area is 246 Å². The Balaban J connectivity index is 3.32. The Bertz CT molecular complexity index is 536. The second kappa shape index (κ2) is 33.3. The fourth-order valence-electron chi connectivity index (χ4n) is 5.47. The van der Waals surface area contributed by atoms with E-state index in [0.717, 1.165) is 25.7 Å². The Hall–Kier alpha value is -0.920. The number of ketones is 2. The van der Waals surface area contributed by atoms with Crippen molar-refractivity contribution >= 4 is 11.6 Å². The van der Waals surface area contributed by atoms with Gasteiger partial charge in [-0.05, 0) is 38.5 Å². The summed E-state index contributed by atoms with van der Waals surface area (Å²) in [7, 11) is 0. The molecule has 0 saturated heterocycles. The molecule has 0 bridgehead atoms. The second-order valence-electron chi connectivity index (χ2n) is 12.2. The highest BCUT2D eigenvalue weighted by molar-refractivity contribution is 6.37. The maximum atomic E-state index is 12.1. The number of allylic oxidation sites excluding steroid dienone is 2. The minimum Gasteiger partial charge on any atom is -0.291 e. The lowest BCUT2D eigenvalue weighted by atomic mass is 10.0. The molecule has 0 saturated carbocycles. The summed E-state index contributed by atoms with van der Waals surface area (Å²) in [5, 5.41) is 0. The molecule has 39 heavy (non-hydrogen) atoms. The topological polar surface area (TPSA) is 34.1 Å². The minimum atomic E-state index is -0.117. The summed E-state index contributed by atoms with van der Waals surface area (Å²) >= 11 is 0. The number of hydrogen-bond donors (Lipinski definition) is 0. The molecule has 0 unspecified atom stereocenters. The average Bonchev–Trinajstić information content (AvgIpc) is 2.94. The van der Waals surface area contributed by atoms with E-state index in [2.05, 4.69) is 26.0 Å². The number of unbranched alkanes of at least 4 members (excludes halogenated alkanes) is 26. The van der Waals surface area contributed by atoms with Gasteiger partial charge in [-0.15, -0.1) is 0 Å². The standard InChI is InChI=1S/C37H70O2/c1-3-5-7-9-11-13-15-17-19-21-23-25-27-29-31-33-35-37(39)36(38)34-32-30-28-26-24-22-20-18-16-14-12-10-8-6-4-2/h18,20H,3-17,19,21-35H2,1-2H3. The van der Waals surface area contributed by atoms with Gasteiger partial charge < -0.3 is 0 Å². The maximum Gasteiger partial charge on any atom is 0.198 e. The van der Waals surface area contributed by atoms with Crippen molar-refractivity contribution in [1.29, 1.82) is 0 Å². The summed E-state index contributed by atoms with van der Waals surface area (Å²) in [4.78, 5) is 24.2. The number of rotatable bonds is 33. The summed E-state index contributed by atoms with van der Waals surface area (Å²) in [6, 6.07) is 0. The fourth-order valence-corrected chi connectivity index (χ4v) is 5.47. The lowest BCUT2D eigenvalue weighted by molar-refractivity contribution is -0.136. The average molecular weight is 547 g/mol. The van der Waals surface area contributed by atoms with Crippen LogP contribution in [0.15, 0.2) is 12.2 Å². The van der Waals surface area contributed by atoms with Crippen molar-refractivity contribution in [3.63, 3.8) is 0 Å². The van der Waals surface area contributed by atoms with E-state index in [4.69, 9.17) is 0 Å². The Morgan fingerprint density at radius 2 is 0.564 bits per heavy atom. The van der Waals surface area contributed by atoms with Crippen LogP contribution < -0.4 is 0 Å². The largest absolute Gasteiger partial charge is 0.291 e. The third-order valence-corrected chi connectivity index (χ3v) is 8.23. The fraction of sp³-hybridized carbons (Fsp3) is 0.892. The van der Waals surface area contributed by atoms with Gasteiger partial charge >= 0.3 is 0 Å². The van der Waals surface area contributed by atoms with Gasteiger partial charge in [-0.1, -0.05) is 174 Å². The first kappa shape index (κ1) is 38.1. The molecule has 0 aliphatic heterocycles. The smallest absolute Gasteiger partial charge is 0.198 e. The van der Waals surface area contributed by atoms with E-state index in [-0.39, 0.29) is 11.6 Å². The Morgan fingerprint density at radius 1 is 0.333 bits per heavy atom. The highest BCUT2D eigenvalue weighted by atomic mass is 16.2. The van der Waals surface area contributed by atoms with Crippen molar-refractivity contribution in [2.45, 2.75) is 213 Å². The quantitative estimate of drug-likeness (QED) is 0.0466. The monoisotopic (exact) mass is 547 g/mol. The molecule has 0 atom stereocenters. The zero-order valence-corrected chi connectivity index (χ0v) is 26.9. The molecule has 230 valence electrons. The van der Waals surface area contributed by atoms with Gasteiger partial charge in [0.25, 0.3) is 0 Å². The molecule has 2 nitrogen and oxygen atoms in total. The molecular formula is C37H70O2. The van der Waals surface area contributed by atoms with Gasteiger partial charge in [-0.3, -0.25) is 9.59 Å². The Kier molecular flexibility index (Phi) is 32.5. The summed E-state index contributed by atoms with van der Waals surface area (Å²) in [5.41, 5.74) is 0. The molecule has 0 amide bonds. The van der Waals surface area contributed by atoms with Gasteiger partial charge in [0.2, 0.25) is 0 Å². The predicted molar refractivity (Wildman–Crippen MR) is 174 cm³/mol. The Morgan fingerprint density at radius 3 is 0.846 bits per heavy atom. The van der Waals surface area contributed by atoms with Gasteiger partial charge in [0.1, 0.15) is 0 Å². The molecule has 0 aliphatic carbocycles. The number of hydrogen-bond acceptors (Lipinski definition) is 2. The van der Waals surface area contributed by atoms with E-state index in [0.29, 0.717) is 12.8 Å². The molecule has 0 spiro atoms. The van der Waals surface area contributed by atoms with Crippen molar-refractivity contribution in [2.24, 2.45) is 0 Å². The van der Waals surface area contributed by atoms with Crippen LogP contribution in [-0.4, -0.2) is 11.6 Å². The minimum absolute atomic E-state index is 0.115. The normalized spacial score (nSPS) is 11.5. The molecule has 0 N–H and O–H groups in total. The molecule has 0 radical (unpaired) electrons. The van der Waals surface area contributed by atoms with E-state index in [1.807, 2.05) is 0 Å². The summed E-state index contributed by atoms with van der Waals surface area (Å²) in [6.45, 7) is 4.55. The van der Waals surface area contributed by atoms with Crippen molar-refractivity contribution in [3.05, 3.63) is 12.2 Å². The van der Waals surface area contributed by atoms with Crippen LogP contribution in [0.4, 0.5) is 0 Å². The van der Waals surface area contributed by atoms with Crippen molar-refractivity contribution in [2.75, 3.05) is 0 Å². The SMILES string of the molecule is CCCCCCCCC=CCCCCCCCC(=O)C(=O)CCCCCCCCCCCCCCCCCC. The summed E-state index contributed by atoms with van der Waals surface area (Å²) < 4.78 is 0. The van der Waals surface area contributed by atoms with Crippen LogP contribution in [0.3, 0.4) is 0 Å². The van der Waals surface area contributed by atoms with Gasteiger partial charge in [-0.25, -0.2) is 0 Å². The van der Waals surface area contributed by atoms with Crippen LogP contribution in [0.5, 0.6) is 0 Å². The van der Waals surface area contributed by atoms with Crippen molar-refractivity contribution < 1.29 is 9.59 Å². The first-order valence-corrected chi connectivity index (χ1v) is 17.9. The van der Waals surface area contributed by atoms with E-state index in [1.165, 1.54) is 161 Å². The molecule has 2 heteroatoms. The second-order valence-corrected chi connectivity index (χ2v) is 12.2. The van der Waals surface area contributed by atoms with Gasteiger partial charge in [0.15, 0.2) is 11.6 Å². The molecule has 0 rings (SSSR count). The maximum absolute atomic E-state index is 12.1. The number of Topliss-reactive ketones (excluding diaryl/α,β-unsaturated/α-hetero) is 2. The zero-order valence-electron chi connectivity index (χ0n) is 26.9. The third kappa shape index (κ3) is 31.5. The van der Waals surface area contributed by atoms with Crippen molar-refractivity contribution in [3.8, 4) is 0 Å². The predicted octanol–water partition coefficient (Wildman–Crippen LogP) is 12.8. The summed E-state index contributed by atoms with van der Waals surface area (Å²) in [5.74, 6) is -0.232. The highest BCUT2D eigenvalue weighted by Gasteiger charge is 2.12. The van der Waals surface area contributed by atoms with Crippen LogP contribution in [0, 0.1) is 0 Å².